The second-order valence-corrected chi connectivity index (χ2v) is 5.37. The Labute approximate surface area is 97.9 Å². The molecule has 1 fully saturated rings. The zero-order valence-corrected chi connectivity index (χ0v) is 10.4. The highest BCUT2D eigenvalue weighted by Gasteiger charge is 2.41. The van der Waals surface area contributed by atoms with Gasteiger partial charge in [-0.15, -0.1) is 0 Å². The van der Waals surface area contributed by atoms with Gasteiger partial charge in [-0.2, -0.15) is 0 Å². The molecule has 3 rings (SSSR count). The third-order valence-corrected chi connectivity index (χ3v) is 4.50. The van der Waals surface area contributed by atoms with Crippen LogP contribution in [0.4, 0.5) is 5.69 Å². The minimum atomic E-state index is 0.679. The monoisotopic (exact) mass is 216 g/mol. The summed E-state index contributed by atoms with van der Waals surface area (Å²) in [5, 5.41) is 0. The molecule has 1 aromatic rings. The zero-order valence-electron chi connectivity index (χ0n) is 10.4. The molecule has 0 N–H and O–H groups in total. The summed E-state index contributed by atoms with van der Waals surface area (Å²) in [5.41, 5.74) is 3.01. The van der Waals surface area contributed by atoms with Gasteiger partial charge in [-0.3, -0.25) is 0 Å². The van der Waals surface area contributed by atoms with Crippen molar-refractivity contribution in [3.63, 3.8) is 0 Å². The molecule has 2 heterocycles. The molecule has 0 aliphatic carbocycles. The van der Waals surface area contributed by atoms with Gasteiger partial charge in [0.05, 0.1) is 0 Å². The number of nitrogens with zero attached hydrogens (tertiary/aromatic N) is 2. The molecule has 86 valence electrons. The van der Waals surface area contributed by atoms with Gasteiger partial charge >= 0.3 is 0 Å². The maximum Gasteiger partial charge on any atom is 0.0483 e. The van der Waals surface area contributed by atoms with Crippen LogP contribution in [0.25, 0.3) is 0 Å². The Morgan fingerprint density at radius 2 is 1.94 bits per heavy atom. The van der Waals surface area contributed by atoms with Crippen molar-refractivity contribution in [2.24, 2.45) is 0 Å². The molecule has 0 spiro atoms. The number of likely N-dealkylation sites (tertiary alicyclic amines) is 1. The lowest BCUT2D eigenvalue weighted by atomic mass is 9.85. The van der Waals surface area contributed by atoms with Crippen LogP contribution in [0, 0.1) is 0 Å². The number of piperidine rings is 1. The molecule has 2 aliphatic rings. The number of benzene rings is 1. The lowest BCUT2D eigenvalue weighted by Gasteiger charge is -2.40. The van der Waals surface area contributed by atoms with E-state index in [9.17, 15) is 0 Å². The molecule has 0 amide bonds. The number of hydrogen-bond acceptors (Lipinski definition) is 2. The maximum atomic E-state index is 2.49. The van der Waals surface area contributed by atoms with Crippen LogP contribution in [0.3, 0.4) is 0 Å². The van der Waals surface area contributed by atoms with Gasteiger partial charge in [0.15, 0.2) is 0 Å². The number of likely N-dealkylation sites (N-methyl/N-ethyl adjacent to an activating group) is 2. The Bertz CT molecular complexity index is 401. The quantitative estimate of drug-likeness (QED) is 0.656. The van der Waals surface area contributed by atoms with Crippen LogP contribution in [0.1, 0.15) is 24.8 Å². The third-order valence-electron chi connectivity index (χ3n) is 4.50. The van der Waals surface area contributed by atoms with Crippen LogP contribution >= 0.6 is 0 Å². The number of rotatable bonds is 0. The van der Waals surface area contributed by atoms with Gasteiger partial charge in [0.1, 0.15) is 0 Å². The molecule has 2 heteroatoms. The van der Waals surface area contributed by atoms with E-state index in [0.29, 0.717) is 12.1 Å². The largest absolute Gasteiger partial charge is 0.369 e. The fraction of sp³-hybridized carbons (Fsp3) is 0.571. The summed E-state index contributed by atoms with van der Waals surface area (Å²) in [6.07, 6.45) is 1.29. The van der Waals surface area contributed by atoms with Gasteiger partial charge in [0.2, 0.25) is 0 Å². The van der Waals surface area contributed by atoms with Gasteiger partial charge in [-0.25, -0.2) is 0 Å². The molecule has 3 atom stereocenters. The smallest absolute Gasteiger partial charge is 0.0483 e. The fourth-order valence-electron chi connectivity index (χ4n) is 3.33. The van der Waals surface area contributed by atoms with Crippen molar-refractivity contribution in [2.75, 3.05) is 25.5 Å². The van der Waals surface area contributed by atoms with E-state index in [-0.39, 0.29) is 0 Å². The van der Waals surface area contributed by atoms with Crippen molar-refractivity contribution in [3.05, 3.63) is 29.8 Å². The topological polar surface area (TPSA) is 6.48 Å². The second kappa shape index (κ2) is 3.49. The number of hydrogen-bond donors (Lipinski definition) is 0. The van der Waals surface area contributed by atoms with Crippen molar-refractivity contribution in [1.29, 1.82) is 0 Å². The van der Waals surface area contributed by atoms with E-state index in [4.69, 9.17) is 0 Å². The first-order valence-corrected chi connectivity index (χ1v) is 6.20. The van der Waals surface area contributed by atoms with E-state index in [1.165, 1.54) is 18.7 Å². The lowest BCUT2D eigenvalue weighted by molar-refractivity contribution is 0.167. The van der Waals surface area contributed by atoms with E-state index in [0.717, 1.165) is 5.92 Å². The van der Waals surface area contributed by atoms with E-state index < -0.39 is 0 Å². The summed E-state index contributed by atoms with van der Waals surface area (Å²) in [6.45, 7) is 3.54. The molecule has 0 saturated carbocycles. The number of fused-ring (bicyclic) bond motifs is 3. The first-order valence-electron chi connectivity index (χ1n) is 6.20. The highest BCUT2D eigenvalue weighted by Crippen LogP contribution is 2.45. The summed E-state index contributed by atoms with van der Waals surface area (Å²) in [6, 6.07) is 10.3. The van der Waals surface area contributed by atoms with Gasteiger partial charge < -0.3 is 9.80 Å². The van der Waals surface area contributed by atoms with Crippen molar-refractivity contribution in [3.8, 4) is 0 Å². The number of para-hydroxylation sites is 1. The molecule has 3 unspecified atom stereocenters. The number of anilines is 1. The Morgan fingerprint density at radius 3 is 2.75 bits per heavy atom. The van der Waals surface area contributed by atoms with Crippen molar-refractivity contribution < 1.29 is 0 Å². The SMILES string of the molecule is CC1CC2c3ccccc3N(C)C2CN1C. The van der Waals surface area contributed by atoms with Gasteiger partial charge in [-0.05, 0) is 32.0 Å². The summed E-state index contributed by atoms with van der Waals surface area (Å²) in [5.74, 6) is 0.743. The van der Waals surface area contributed by atoms with E-state index >= 15 is 0 Å². The van der Waals surface area contributed by atoms with Gasteiger partial charge in [-0.1, -0.05) is 18.2 Å². The normalized spacial score (nSPS) is 33.7. The summed E-state index contributed by atoms with van der Waals surface area (Å²) in [7, 11) is 4.49. The molecule has 2 nitrogen and oxygen atoms in total. The average Bonchev–Trinajstić information content (AvgIpc) is 2.55. The first-order chi connectivity index (χ1) is 7.68. The van der Waals surface area contributed by atoms with E-state index in [1.807, 2.05) is 0 Å². The van der Waals surface area contributed by atoms with E-state index in [2.05, 4.69) is 55.1 Å². The molecular formula is C14H20N2. The summed E-state index contributed by atoms with van der Waals surface area (Å²) < 4.78 is 0. The van der Waals surface area contributed by atoms with Crippen molar-refractivity contribution in [1.82, 2.24) is 4.90 Å². The molecule has 0 radical (unpaired) electrons. The molecule has 1 saturated heterocycles. The van der Waals surface area contributed by atoms with Crippen LogP contribution in [0.15, 0.2) is 24.3 Å². The Hall–Kier alpha value is -1.02. The van der Waals surface area contributed by atoms with Crippen molar-refractivity contribution >= 4 is 5.69 Å². The molecule has 16 heavy (non-hydrogen) atoms. The maximum absolute atomic E-state index is 2.49. The second-order valence-electron chi connectivity index (χ2n) is 5.37. The first kappa shape index (κ1) is 10.2. The third kappa shape index (κ3) is 1.29. The summed E-state index contributed by atoms with van der Waals surface area (Å²) >= 11 is 0. The molecule has 2 aliphatic heterocycles. The van der Waals surface area contributed by atoms with Crippen LogP contribution in [0.5, 0.6) is 0 Å². The fourth-order valence-corrected chi connectivity index (χ4v) is 3.33. The van der Waals surface area contributed by atoms with E-state index in [1.54, 1.807) is 5.56 Å². The van der Waals surface area contributed by atoms with Crippen LogP contribution < -0.4 is 4.90 Å². The molecule has 1 aromatic carbocycles. The highest BCUT2D eigenvalue weighted by molar-refractivity contribution is 5.61. The van der Waals surface area contributed by atoms with Gasteiger partial charge in [0.25, 0.3) is 0 Å². The van der Waals surface area contributed by atoms with Crippen LogP contribution in [0.2, 0.25) is 0 Å². The minimum absolute atomic E-state index is 0.679. The lowest BCUT2D eigenvalue weighted by Crippen LogP contribution is -2.49. The Morgan fingerprint density at radius 1 is 1.19 bits per heavy atom. The van der Waals surface area contributed by atoms with Crippen molar-refractivity contribution in [2.45, 2.75) is 31.3 Å². The Kier molecular flexibility index (Phi) is 2.21. The molecular weight excluding hydrogens is 196 g/mol. The van der Waals surface area contributed by atoms with Crippen LogP contribution in [-0.2, 0) is 0 Å². The standard InChI is InChI=1S/C14H20N2/c1-10-8-12-11-6-4-5-7-13(11)16(3)14(12)9-15(10)2/h4-7,10,12,14H,8-9H2,1-3H3. The predicted octanol–water partition coefficient (Wildman–Crippen LogP) is 2.31. The highest BCUT2D eigenvalue weighted by atomic mass is 15.2. The van der Waals surface area contributed by atoms with Gasteiger partial charge in [0, 0.05) is 37.3 Å². The predicted molar refractivity (Wildman–Crippen MR) is 68.1 cm³/mol. The minimum Gasteiger partial charge on any atom is -0.369 e. The average molecular weight is 216 g/mol. The zero-order chi connectivity index (χ0) is 11.3. The summed E-state index contributed by atoms with van der Waals surface area (Å²) in [4.78, 5) is 4.96. The Balaban J connectivity index is 2.00. The van der Waals surface area contributed by atoms with Crippen LogP contribution in [-0.4, -0.2) is 37.6 Å². The molecule has 0 aromatic heterocycles. The molecule has 0 bridgehead atoms.